The number of nitrogens with zero attached hydrogens (tertiary/aromatic N) is 4. The van der Waals surface area contributed by atoms with Gasteiger partial charge in [-0.2, -0.15) is 0 Å². The van der Waals surface area contributed by atoms with Crippen molar-refractivity contribution in [1.29, 1.82) is 0 Å². The molecular formula is C24H25N5O2S. The number of ether oxygens (including phenoxy) is 1. The normalized spacial score (nSPS) is 14.1. The summed E-state index contributed by atoms with van der Waals surface area (Å²) in [4.78, 5) is 26.2. The van der Waals surface area contributed by atoms with Crippen LogP contribution in [0, 0.1) is 13.8 Å². The molecule has 8 heteroatoms. The second-order valence-electron chi connectivity index (χ2n) is 7.94. The minimum atomic E-state index is -0.106. The summed E-state index contributed by atoms with van der Waals surface area (Å²) in [6, 6.07) is 10.0. The first-order valence-corrected chi connectivity index (χ1v) is 11.5. The van der Waals surface area contributed by atoms with E-state index in [0.29, 0.717) is 11.4 Å². The van der Waals surface area contributed by atoms with Crippen molar-refractivity contribution in [3.63, 3.8) is 0 Å². The number of thiophene rings is 1. The van der Waals surface area contributed by atoms with Crippen molar-refractivity contribution in [3.05, 3.63) is 70.6 Å². The predicted octanol–water partition coefficient (Wildman–Crippen LogP) is 3.87. The van der Waals surface area contributed by atoms with Gasteiger partial charge in [-0.3, -0.25) is 4.79 Å². The largest absolute Gasteiger partial charge is 0.378 e. The predicted molar refractivity (Wildman–Crippen MR) is 127 cm³/mol. The molecule has 1 N–H and O–H groups in total. The summed E-state index contributed by atoms with van der Waals surface area (Å²) >= 11 is 1.44. The number of hydrogen-bond donors (Lipinski definition) is 1. The SMILES string of the molecule is Cc1cc(C)c2c(-n3cccc3)c(C(=O)NCc3ccc(N4CCOCC4)nc3)sc2n1. The molecule has 32 heavy (non-hydrogen) atoms. The molecule has 0 atom stereocenters. The van der Waals surface area contributed by atoms with Gasteiger partial charge in [-0.15, -0.1) is 11.3 Å². The summed E-state index contributed by atoms with van der Waals surface area (Å²) in [6.07, 6.45) is 5.76. The maximum Gasteiger partial charge on any atom is 0.263 e. The van der Waals surface area contributed by atoms with Crippen LogP contribution in [-0.2, 0) is 11.3 Å². The number of fused-ring (bicyclic) bond motifs is 1. The number of rotatable bonds is 5. The van der Waals surface area contributed by atoms with E-state index in [9.17, 15) is 4.79 Å². The van der Waals surface area contributed by atoms with Crippen LogP contribution in [-0.4, -0.2) is 46.7 Å². The quantitative estimate of drug-likeness (QED) is 0.503. The van der Waals surface area contributed by atoms with Crippen LogP contribution < -0.4 is 10.2 Å². The summed E-state index contributed by atoms with van der Waals surface area (Å²) in [7, 11) is 0. The maximum atomic E-state index is 13.2. The van der Waals surface area contributed by atoms with Crippen LogP contribution in [0.15, 0.2) is 48.9 Å². The Labute approximate surface area is 190 Å². The lowest BCUT2D eigenvalue weighted by Crippen LogP contribution is -2.36. The van der Waals surface area contributed by atoms with Gasteiger partial charge in [-0.05, 0) is 49.2 Å². The molecule has 0 aliphatic carbocycles. The van der Waals surface area contributed by atoms with Crippen molar-refractivity contribution in [2.24, 2.45) is 0 Å². The van der Waals surface area contributed by atoms with E-state index in [2.05, 4.69) is 33.2 Å². The highest BCUT2D eigenvalue weighted by molar-refractivity contribution is 7.21. The Hall–Kier alpha value is -3.23. The summed E-state index contributed by atoms with van der Waals surface area (Å²) in [5.74, 6) is 0.839. The number of aryl methyl sites for hydroxylation is 2. The Morgan fingerprint density at radius 1 is 1.19 bits per heavy atom. The molecule has 0 unspecified atom stereocenters. The molecule has 164 valence electrons. The molecule has 1 amide bonds. The fourth-order valence-corrected chi connectivity index (χ4v) is 5.28. The van der Waals surface area contributed by atoms with E-state index < -0.39 is 0 Å². The zero-order valence-electron chi connectivity index (χ0n) is 18.2. The molecule has 1 aliphatic rings. The van der Waals surface area contributed by atoms with Gasteiger partial charge < -0.3 is 19.5 Å². The molecule has 0 spiro atoms. The fraction of sp³-hybridized carbons (Fsp3) is 0.292. The highest BCUT2D eigenvalue weighted by Gasteiger charge is 2.22. The highest BCUT2D eigenvalue weighted by atomic mass is 32.1. The molecule has 4 aromatic rings. The molecule has 7 nitrogen and oxygen atoms in total. The number of carbonyl (C=O) groups is 1. The average Bonchev–Trinajstić information content (AvgIpc) is 3.46. The summed E-state index contributed by atoms with van der Waals surface area (Å²) < 4.78 is 7.40. The van der Waals surface area contributed by atoms with Gasteiger partial charge in [-0.25, -0.2) is 9.97 Å². The van der Waals surface area contributed by atoms with Crippen molar-refractivity contribution in [1.82, 2.24) is 19.9 Å². The lowest BCUT2D eigenvalue weighted by Gasteiger charge is -2.27. The van der Waals surface area contributed by atoms with Crippen LogP contribution in [0.4, 0.5) is 5.82 Å². The van der Waals surface area contributed by atoms with Crippen LogP contribution in [0.3, 0.4) is 0 Å². The van der Waals surface area contributed by atoms with Gasteiger partial charge in [0.2, 0.25) is 0 Å². The standard InChI is InChI=1S/C24H25N5O2S/c1-16-13-17(2)27-24-20(16)21(29-7-3-4-8-29)22(32-24)23(30)26-15-18-5-6-19(25-14-18)28-9-11-31-12-10-28/h3-8,13-14H,9-12,15H2,1-2H3,(H,26,30). The number of anilines is 1. The van der Waals surface area contributed by atoms with Crippen LogP contribution >= 0.6 is 11.3 Å². The molecule has 0 saturated carbocycles. The van der Waals surface area contributed by atoms with E-state index >= 15 is 0 Å². The fourth-order valence-electron chi connectivity index (χ4n) is 4.07. The van der Waals surface area contributed by atoms with Crippen molar-refractivity contribution < 1.29 is 9.53 Å². The van der Waals surface area contributed by atoms with E-state index in [-0.39, 0.29) is 5.91 Å². The number of carbonyl (C=O) groups excluding carboxylic acids is 1. The van der Waals surface area contributed by atoms with Crippen molar-refractivity contribution in [3.8, 4) is 5.69 Å². The maximum absolute atomic E-state index is 13.2. The average molecular weight is 448 g/mol. The number of amides is 1. The van der Waals surface area contributed by atoms with Crippen LogP contribution in [0.25, 0.3) is 15.9 Å². The van der Waals surface area contributed by atoms with Crippen molar-refractivity contribution in [2.45, 2.75) is 20.4 Å². The lowest BCUT2D eigenvalue weighted by atomic mass is 10.1. The van der Waals surface area contributed by atoms with Gasteiger partial charge >= 0.3 is 0 Å². The summed E-state index contributed by atoms with van der Waals surface area (Å²) in [5, 5.41) is 4.09. The summed E-state index contributed by atoms with van der Waals surface area (Å²) in [6.45, 7) is 7.63. The number of pyridine rings is 2. The van der Waals surface area contributed by atoms with E-state index in [1.807, 2.05) is 54.3 Å². The Kier molecular flexibility index (Phi) is 5.63. The third-order valence-electron chi connectivity index (χ3n) is 5.63. The number of hydrogen-bond acceptors (Lipinski definition) is 6. The molecule has 5 heterocycles. The van der Waals surface area contributed by atoms with Crippen LogP contribution in [0.2, 0.25) is 0 Å². The molecule has 0 bridgehead atoms. The van der Waals surface area contributed by atoms with Gasteiger partial charge in [0, 0.05) is 49.3 Å². The van der Waals surface area contributed by atoms with Crippen molar-refractivity contribution in [2.75, 3.05) is 31.2 Å². The van der Waals surface area contributed by atoms with E-state index in [1.165, 1.54) is 11.3 Å². The van der Waals surface area contributed by atoms with Crippen LogP contribution in [0.1, 0.15) is 26.5 Å². The van der Waals surface area contributed by atoms with E-state index in [1.54, 1.807) is 0 Å². The first-order valence-electron chi connectivity index (χ1n) is 10.7. The molecule has 5 rings (SSSR count). The molecule has 1 saturated heterocycles. The first kappa shape index (κ1) is 20.7. The van der Waals surface area contributed by atoms with Gasteiger partial charge in [-0.1, -0.05) is 6.07 Å². The van der Waals surface area contributed by atoms with E-state index in [4.69, 9.17) is 4.74 Å². The number of morpholine rings is 1. The van der Waals surface area contributed by atoms with Crippen LogP contribution in [0.5, 0.6) is 0 Å². The molecule has 1 fully saturated rings. The Morgan fingerprint density at radius 2 is 1.97 bits per heavy atom. The zero-order valence-corrected chi connectivity index (χ0v) is 19.0. The third-order valence-corrected chi connectivity index (χ3v) is 6.70. The third kappa shape index (κ3) is 3.99. The van der Waals surface area contributed by atoms with Gasteiger partial charge in [0.25, 0.3) is 5.91 Å². The van der Waals surface area contributed by atoms with E-state index in [0.717, 1.165) is 64.8 Å². The zero-order chi connectivity index (χ0) is 22.1. The van der Waals surface area contributed by atoms with Gasteiger partial charge in [0.05, 0.1) is 18.9 Å². The first-order chi connectivity index (χ1) is 15.6. The Morgan fingerprint density at radius 3 is 2.69 bits per heavy atom. The monoisotopic (exact) mass is 447 g/mol. The molecule has 4 aromatic heterocycles. The topological polar surface area (TPSA) is 72.3 Å². The van der Waals surface area contributed by atoms with Gasteiger partial charge in [0.15, 0.2) is 0 Å². The minimum absolute atomic E-state index is 0.106. The molecule has 1 aliphatic heterocycles. The highest BCUT2D eigenvalue weighted by Crippen LogP contribution is 2.35. The lowest BCUT2D eigenvalue weighted by molar-refractivity contribution is 0.0955. The second-order valence-corrected chi connectivity index (χ2v) is 8.94. The molecular weight excluding hydrogens is 422 g/mol. The second kappa shape index (κ2) is 8.72. The number of aromatic nitrogens is 3. The smallest absolute Gasteiger partial charge is 0.263 e. The van der Waals surface area contributed by atoms with Crippen molar-refractivity contribution >= 4 is 33.3 Å². The molecule has 0 radical (unpaired) electrons. The Balaban J connectivity index is 1.38. The van der Waals surface area contributed by atoms with Gasteiger partial charge in [0.1, 0.15) is 15.5 Å². The number of nitrogens with one attached hydrogen (secondary N) is 1. The minimum Gasteiger partial charge on any atom is -0.378 e. The summed E-state index contributed by atoms with van der Waals surface area (Å²) in [5.41, 5.74) is 3.92. The molecule has 0 aromatic carbocycles. The Bertz CT molecular complexity index is 1240.